The lowest BCUT2D eigenvalue weighted by molar-refractivity contribution is -0.136. The minimum absolute atomic E-state index is 0.0219. The number of likely N-dealkylation sites (N-methyl/N-ethyl adjacent to an activating group) is 1. The molecule has 2 aliphatic heterocycles. The van der Waals surface area contributed by atoms with E-state index in [4.69, 9.17) is 0 Å². The molecule has 0 bridgehead atoms. The first kappa shape index (κ1) is 29.1. The maximum Gasteiger partial charge on any atom is 0.416 e. The zero-order chi connectivity index (χ0) is 30.2. The molecule has 1 spiro atoms. The number of nitrogens with zero attached hydrogens (tertiary/aromatic N) is 5. The van der Waals surface area contributed by atoms with Crippen molar-refractivity contribution in [1.29, 1.82) is 5.26 Å². The van der Waals surface area contributed by atoms with Crippen LogP contribution in [0.5, 0.6) is 0 Å². The number of carbonyl (C=O) groups is 3. The Bertz CT molecular complexity index is 1500. The normalized spacial score (nSPS) is 22.8. The van der Waals surface area contributed by atoms with Crippen LogP contribution in [-0.4, -0.2) is 69.2 Å². The number of allylic oxidation sites excluding steroid dienone is 4. The summed E-state index contributed by atoms with van der Waals surface area (Å²) in [5, 5.41) is 16.9. The molecule has 1 saturated carbocycles. The maximum atomic E-state index is 14.1. The second-order valence-corrected chi connectivity index (χ2v) is 11.1. The Morgan fingerprint density at radius 1 is 1.31 bits per heavy atom. The fraction of sp³-hybridized carbons (Fsp3) is 0.433. The Balaban J connectivity index is 1.36. The first-order valence-corrected chi connectivity index (χ1v) is 13.8. The number of para-hydroxylation sites is 1. The molecular weight excluding hydrogens is 549 g/mol. The minimum Gasteiger partial charge on any atom is -0.330 e. The van der Waals surface area contributed by atoms with Crippen molar-refractivity contribution in [1.82, 2.24) is 19.6 Å². The number of halogens is 3. The van der Waals surface area contributed by atoms with Crippen LogP contribution in [0.1, 0.15) is 48.5 Å². The highest BCUT2D eigenvalue weighted by Gasteiger charge is 2.57. The van der Waals surface area contributed by atoms with Crippen LogP contribution < -0.4 is 5.32 Å². The van der Waals surface area contributed by atoms with Gasteiger partial charge in [0.1, 0.15) is 12.1 Å². The van der Waals surface area contributed by atoms with E-state index in [1.807, 2.05) is 12.1 Å². The molecule has 220 valence electrons. The standard InChI is InChI=1S/C30H31F3N6O3/c1-3-6-21(30(31,32)33)11-12-38-17-20(16-35-38)26(40)37(2)25(13-19-9-10-19)27(41)39-18-29(14-22(39)15-34)23-7-4-5-8-24(23)36-28(29)42/h3-8,11,16-17,19,22,25H,9-10,12-14,18H2,1-2H3,(H,36,42)/b6-3-,21-11+/t22-,25-,29-/m0/s1. The van der Waals surface area contributed by atoms with Crippen LogP contribution in [0.25, 0.3) is 0 Å². The number of benzene rings is 1. The van der Waals surface area contributed by atoms with Gasteiger partial charge in [-0.05, 0) is 30.9 Å². The lowest BCUT2D eigenvalue weighted by Crippen LogP contribution is -2.51. The van der Waals surface area contributed by atoms with E-state index in [1.54, 1.807) is 12.1 Å². The molecule has 42 heavy (non-hydrogen) atoms. The van der Waals surface area contributed by atoms with Gasteiger partial charge < -0.3 is 15.1 Å². The monoisotopic (exact) mass is 580 g/mol. The van der Waals surface area contributed by atoms with E-state index in [1.165, 1.54) is 46.9 Å². The molecule has 0 unspecified atom stereocenters. The molecule has 1 N–H and O–H groups in total. The van der Waals surface area contributed by atoms with Crippen molar-refractivity contribution in [3.8, 4) is 6.07 Å². The number of nitrogens with one attached hydrogen (secondary N) is 1. The van der Waals surface area contributed by atoms with Crippen molar-refractivity contribution in [2.45, 2.75) is 62.8 Å². The number of aromatic nitrogens is 2. The Labute approximate surface area is 241 Å². The zero-order valence-corrected chi connectivity index (χ0v) is 23.3. The van der Waals surface area contributed by atoms with E-state index in [9.17, 15) is 32.8 Å². The Morgan fingerprint density at radius 3 is 2.71 bits per heavy atom. The second kappa shape index (κ2) is 11.1. The molecule has 2 fully saturated rings. The van der Waals surface area contributed by atoms with E-state index >= 15 is 0 Å². The predicted molar refractivity (Wildman–Crippen MR) is 147 cm³/mol. The third-order valence-corrected chi connectivity index (χ3v) is 8.29. The van der Waals surface area contributed by atoms with E-state index in [0.717, 1.165) is 30.6 Å². The molecule has 3 heterocycles. The topological polar surface area (TPSA) is 111 Å². The SMILES string of the molecule is C/C=C\C(=C/Cn1cc(C(=O)N(C)[C@@H](CC2CC2)C(=O)N2C[C@]3(C[C@H]2C#N)C(=O)Nc2ccccc23)cn1)C(F)(F)F. The van der Waals surface area contributed by atoms with Gasteiger partial charge in [0.05, 0.1) is 35.4 Å². The van der Waals surface area contributed by atoms with Gasteiger partial charge in [-0.2, -0.15) is 23.5 Å². The summed E-state index contributed by atoms with van der Waals surface area (Å²) >= 11 is 0. The van der Waals surface area contributed by atoms with Crippen LogP contribution in [0.3, 0.4) is 0 Å². The van der Waals surface area contributed by atoms with Crippen LogP contribution in [0, 0.1) is 17.2 Å². The van der Waals surface area contributed by atoms with Crippen LogP contribution in [0.4, 0.5) is 18.9 Å². The van der Waals surface area contributed by atoms with E-state index in [2.05, 4.69) is 16.5 Å². The molecule has 3 amide bonds. The summed E-state index contributed by atoms with van der Waals surface area (Å²) < 4.78 is 40.8. The summed E-state index contributed by atoms with van der Waals surface area (Å²) in [5.74, 6) is -0.927. The van der Waals surface area contributed by atoms with Gasteiger partial charge in [-0.15, -0.1) is 0 Å². The number of anilines is 1. The molecule has 0 radical (unpaired) electrons. The highest BCUT2D eigenvalue weighted by Crippen LogP contribution is 2.47. The quantitative estimate of drug-likeness (QED) is 0.471. The number of alkyl halides is 3. The highest BCUT2D eigenvalue weighted by molar-refractivity contribution is 6.07. The number of rotatable bonds is 8. The van der Waals surface area contributed by atoms with E-state index in [-0.39, 0.29) is 36.9 Å². The van der Waals surface area contributed by atoms with Crippen molar-refractivity contribution in [2.24, 2.45) is 5.92 Å². The molecule has 3 aliphatic rings. The van der Waals surface area contributed by atoms with Gasteiger partial charge in [0.25, 0.3) is 5.91 Å². The first-order chi connectivity index (χ1) is 20.0. The number of hydrogen-bond donors (Lipinski definition) is 1. The van der Waals surface area contributed by atoms with Gasteiger partial charge in [-0.1, -0.05) is 49.3 Å². The van der Waals surface area contributed by atoms with Crippen LogP contribution in [-0.2, 0) is 21.5 Å². The highest BCUT2D eigenvalue weighted by atomic mass is 19.4. The molecule has 1 aromatic heterocycles. The fourth-order valence-corrected chi connectivity index (χ4v) is 5.84. The lowest BCUT2D eigenvalue weighted by Gasteiger charge is -2.32. The Morgan fingerprint density at radius 2 is 2.05 bits per heavy atom. The minimum atomic E-state index is -4.52. The Kier molecular flexibility index (Phi) is 7.70. The number of fused-ring (bicyclic) bond motifs is 2. The molecule has 1 saturated heterocycles. The smallest absolute Gasteiger partial charge is 0.330 e. The van der Waals surface area contributed by atoms with Gasteiger partial charge in [-0.3, -0.25) is 19.1 Å². The Hall–Kier alpha value is -4.40. The van der Waals surface area contributed by atoms with E-state index in [0.29, 0.717) is 12.1 Å². The maximum absolute atomic E-state index is 14.1. The van der Waals surface area contributed by atoms with E-state index < -0.39 is 41.1 Å². The van der Waals surface area contributed by atoms with Gasteiger partial charge in [0.15, 0.2) is 0 Å². The van der Waals surface area contributed by atoms with Crippen LogP contribution in [0.15, 0.2) is 60.5 Å². The van der Waals surface area contributed by atoms with Gasteiger partial charge in [0, 0.05) is 31.9 Å². The number of carbonyl (C=O) groups excluding carboxylic acids is 3. The third kappa shape index (κ3) is 5.43. The summed E-state index contributed by atoms with van der Waals surface area (Å²) in [6.07, 6.45) is 3.72. The molecule has 1 aliphatic carbocycles. The van der Waals surface area contributed by atoms with Crippen molar-refractivity contribution >= 4 is 23.4 Å². The average molecular weight is 581 g/mol. The van der Waals surface area contributed by atoms with Crippen molar-refractivity contribution in [3.63, 3.8) is 0 Å². The summed E-state index contributed by atoms with van der Waals surface area (Å²) in [6, 6.07) is 7.69. The molecule has 2 aromatic rings. The first-order valence-electron chi connectivity index (χ1n) is 13.8. The van der Waals surface area contributed by atoms with Gasteiger partial charge in [-0.25, -0.2) is 0 Å². The zero-order valence-electron chi connectivity index (χ0n) is 23.3. The third-order valence-electron chi connectivity index (χ3n) is 8.29. The molecule has 9 nitrogen and oxygen atoms in total. The molecular formula is C30H31F3N6O3. The van der Waals surface area contributed by atoms with Gasteiger partial charge in [0.2, 0.25) is 11.8 Å². The molecule has 5 rings (SSSR count). The number of hydrogen-bond acceptors (Lipinski definition) is 5. The summed E-state index contributed by atoms with van der Waals surface area (Å²) in [6.45, 7) is 1.31. The van der Waals surface area contributed by atoms with Crippen molar-refractivity contribution < 1.29 is 27.6 Å². The fourth-order valence-electron chi connectivity index (χ4n) is 5.84. The summed E-state index contributed by atoms with van der Waals surface area (Å²) in [7, 11) is 1.50. The van der Waals surface area contributed by atoms with Crippen molar-refractivity contribution in [3.05, 3.63) is 71.6 Å². The number of amides is 3. The predicted octanol–water partition coefficient (Wildman–Crippen LogP) is 4.20. The number of nitriles is 1. The summed E-state index contributed by atoms with van der Waals surface area (Å²) in [5.41, 5.74) is -0.336. The molecule has 1 aromatic carbocycles. The van der Waals surface area contributed by atoms with Gasteiger partial charge >= 0.3 is 6.18 Å². The van der Waals surface area contributed by atoms with Crippen molar-refractivity contribution in [2.75, 3.05) is 18.9 Å². The second-order valence-electron chi connectivity index (χ2n) is 11.1. The lowest BCUT2D eigenvalue weighted by atomic mass is 9.80. The van der Waals surface area contributed by atoms with Crippen LogP contribution in [0.2, 0.25) is 0 Å². The molecule has 12 heteroatoms. The number of likely N-dealkylation sites (tertiary alicyclic amines) is 1. The largest absolute Gasteiger partial charge is 0.416 e. The molecule has 3 atom stereocenters. The summed E-state index contributed by atoms with van der Waals surface area (Å²) in [4.78, 5) is 43.5. The average Bonchev–Trinajstić information content (AvgIpc) is 3.40. The van der Waals surface area contributed by atoms with Crippen LogP contribution >= 0.6 is 0 Å².